The molecule has 1 N–H and O–H groups in total. The molecule has 226 valence electrons. The number of hydrazine groups is 1. The molecule has 0 spiro atoms. The van der Waals surface area contributed by atoms with Crippen molar-refractivity contribution in [3.05, 3.63) is 72.3 Å². The summed E-state index contributed by atoms with van der Waals surface area (Å²) in [4.78, 5) is 29.8. The minimum absolute atomic E-state index is 0.0527. The first-order valence-electron chi connectivity index (χ1n) is 14.0. The van der Waals surface area contributed by atoms with Gasteiger partial charge in [0, 0.05) is 18.0 Å². The topological polar surface area (TPSA) is 111 Å². The molecule has 0 aliphatic carbocycles. The largest absolute Gasteiger partial charge is 0.494 e. The van der Waals surface area contributed by atoms with E-state index in [0.29, 0.717) is 32.5 Å². The lowest BCUT2D eigenvalue weighted by Crippen LogP contribution is -2.49. The highest BCUT2D eigenvalue weighted by Gasteiger charge is 2.41. The predicted octanol–water partition coefficient (Wildman–Crippen LogP) is 5.42. The molecule has 1 fully saturated rings. The molecule has 1 aromatic heterocycles. The molecule has 0 saturated carbocycles. The van der Waals surface area contributed by atoms with Gasteiger partial charge in [0.2, 0.25) is 0 Å². The number of ether oxygens (including phenoxy) is 3. The molecule has 2 aromatic carbocycles. The van der Waals surface area contributed by atoms with Crippen LogP contribution in [0.5, 0.6) is 5.75 Å². The number of hydrogen-bond acceptors (Lipinski definition) is 9. The molecule has 9 nitrogen and oxygen atoms in total. The summed E-state index contributed by atoms with van der Waals surface area (Å²) in [5.74, 6) is -1.95. The fourth-order valence-corrected chi connectivity index (χ4v) is 7.13. The number of nitrogens with zero attached hydrogens (tertiary/aromatic N) is 1. The molecule has 1 aliphatic rings. The Balaban J connectivity index is 1.38. The molecule has 1 unspecified atom stereocenters. The predicted molar refractivity (Wildman–Crippen MR) is 161 cm³/mol. The van der Waals surface area contributed by atoms with E-state index in [1.807, 2.05) is 61.5 Å². The average Bonchev–Trinajstić information content (AvgIpc) is 3.45. The Morgan fingerprint density at radius 1 is 0.976 bits per heavy atom. The summed E-state index contributed by atoms with van der Waals surface area (Å²) in [6, 6.07) is 20.1. The SMILES string of the molecule is CCOc1ccc(-c2ccc(S(=O)(=O)NN3CCC(C(C(=O)OCc4ccccc4)C(=O)OC(C)(C)C)CC3)s2)cc1. The van der Waals surface area contributed by atoms with Gasteiger partial charge in [0.1, 0.15) is 22.2 Å². The molecule has 1 atom stereocenters. The monoisotopic (exact) mass is 614 g/mol. The Morgan fingerprint density at radius 2 is 1.64 bits per heavy atom. The van der Waals surface area contributed by atoms with E-state index in [0.717, 1.165) is 21.8 Å². The minimum Gasteiger partial charge on any atom is -0.494 e. The fourth-order valence-electron chi connectivity index (χ4n) is 4.71. The number of nitrogens with one attached hydrogen (secondary N) is 1. The second-order valence-electron chi connectivity index (χ2n) is 11.1. The van der Waals surface area contributed by atoms with Crippen molar-refractivity contribution in [1.29, 1.82) is 0 Å². The molecular weight excluding hydrogens is 576 g/mol. The van der Waals surface area contributed by atoms with Gasteiger partial charge in [-0.2, -0.15) is 0 Å². The molecule has 1 aliphatic heterocycles. The van der Waals surface area contributed by atoms with Gasteiger partial charge in [-0.1, -0.05) is 30.3 Å². The van der Waals surface area contributed by atoms with E-state index in [9.17, 15) is 18.0 Å². The second kappa shape index (κ2) is 13.8. The second-order valence-corrected chi connectivity index (χ2v) is 14.1. The summed E-state index contributed by atoms with van der Waals surface area (Å²) >= 11 is 1.18. The number of hydrogen-bond donors (Lipinski definition) is 1. The van der Waals surface area contributed by atoms with Crippen LogP contribution in [0.2, 0.25) is 0 Å². The maximum atomic E-state index is 13.2. The van der Waals surface area contributed by atoms with Gasteiger partial charge < -0.3 is 14.2 Å². The number of benzene rings is 2. The Morgan fingerprint density at radius 3 is 2.26 bits per heavy atom. The van der Waals surface area contributed by atoms with Crippen molar-refractivity contribution in [2.45, 2.75) is 57.0 Å². The van der Waals surface area contributed by atoms with E-state index in [-0.39, 0.29) is 16.7 Å². The molecule has 1 saturated heterocycles. The number of thiophene rings is 1. The molecular formula is C31H38N2O7S2. The van der Waals surface area contributed by atoms with E-state index in [2.05, 4.69) is 4.83 Å². The molecule has 11 heteroatoms. The third-order valence-corrected chi connectivity index (χ3v) is 9.70. The van der Waals surface area contributed by atoms with Crippen LogP contribution >= 0.6 is 11.3 Å². The highest BCUT2D eigenvalue weighted by molar-refractivity contribution is 7.91. The van der Waals surface area contributed by atoms with Crippen LogP contribution in [0.3, 0.4) is 0 Å². The Kier molecular flexibility index (Phi) is 10.4. The van der Waals surface area contributed by atoms with E-state index in [4.69, 9.17) is 14.2 Å². The van der Waals surface area contributed by atoms with Crippen LogP contribution in [0.25, 0.3) is 10.4 Å². The number of sulfonamides is 1. The first-order chi connectivity index (χ1) is 19.9. The van der Waals surface area contributed by atoms with E-state index >= 15 is 0 Å². The van der Waals surface area contributed by atoms with Crippen LogP contribution in [0, 0.1) is 11.8 Å². The van der Waals surface area contributed by atoms with Crippen molar-refractivity contribution in [1.82, 2.24) is 9.84 Å². The van der Waals surface area contributed by atoms with Crippen LogP contribution in [0.1, 0.15) is 46.1 Å². The average molecular weight is 615 g/mol. The van der Waals surface area contributed by atoms with Gasteiger partial charge in [-0.3, -0.25) is 9.59 Å². The lowest BCUT2D eigenvalue weighted by atomic mass is 9.84. The van der Waals surface area contributed by atoms with Crippen LogP contribution in [-0.2, 0) is 35.7 Å². The molecule has 0 bridgehead atoms. The van der Waals surface area contributed by atoms with Crippen LogP contribution in [0.4, 0.5) is 0 Å². The van der Waals surface area contributed by atoms with Crippen molar-refractivity contribution < 1.29 is 32.2 Å². The first-order valence-corrected chi connectivity index (χ1v) is 16.3. The first kappa shape index (κ1) is 31.7. The van der Waals surface area contributed by atoms with Crippen molar-refractivity contribution in [2.24, 2.45) is 11.8 Å². The number of carbonyl (C=O) groups excluding carboxylic acids is 2. The Bertz CT molecular complexity index is 1440. The van der Waals surface area contributed by atoms with Gasteiger partial charge in [-0.25, -0.2) is 13.4 Å². The van der Waals surface area contributed by atoms with Crippen LogP contribution in [-0.4, -0.2) is 50.7 Å². The third kappa shape index (κ3) is 8.64. The zero-order valence-electron chi connectivity index (χ0n) is 24.4. The Hall–Kier alpha value is -3.25. The van der Waals surface area contributed by atoms with E-state index in [1.54, 1.807) is 37.9 Å². The quantitative estimate of drug-likeness (QED) is 0.225. The van der Waals surface area contributed by atoms with Crippen molar-refractivity contribution >= 4 is 33.3 Å². The molecule has 42 heavy (non-hydrogen) atoms. The number of esters is 2. The van der Waals surface area contributed by atoms with Gasteiger partial charge in [0.25, 0.3) is 10.0 Å². The summed E-state index contributed by atoms with van der Waals surface area (Å²) in [7, 11) is -3.81. The number of rotatable bonds is 11. The van der Waals surface area contributed by atoms with Gasteiger partial charge in [0.05, 0.1) is 6.61 Å². The zero-order valence-corrected chi connectivity index (χ0v) is 26.0. The van der Waals surface area contributed by atoms with Gasteiger partial charge >= 0.3 is 11.9 Å². The van der Waals surface area contributed by atoms with Crippen molar-refractivity contribution in [3.63, 3.8) is 0 Å². The maximum Gasteiger partial charge on any atom is 0.321 e. The van der Waals surface area contributed by atoms with Crippen molar-refractivity contribution in [2.75, 3.05) is 19.7 Å². The smallest absolute Gasteiger partial charge is 0.321 e. The highest BCUT2D eigenvalue weighted by atomic mass is 32.2. The summed E-state index contributed by atoms with van der Waals surface area (Å²) in [6.07, 6.45) is 0.823. The van der Waals surface area contributed by atoms with Crippen LogP contribution in [0.15, 0.2) is 70.9 Å². The molecule has 4 rings (SSSR count). The number of piperidine rings is 1. The maximum absolute atomic E-state index is 13.2. The number of carbonyl (C=O) groups is 2. The Labute approximate surface area is 251 Å². The summed E-state index contributed by atoms with van der Waals surface area (Å²) in [6.45, 7) is 8.45. The lowest BCUT2D eigenvalue weighted by Gasteiger charge is -2.35. The normalized spacial score (nSPS) is 15.6. The van der Waals surface area contributed by atoms with Crippen molar-refractivity contribution in [3.8, 4) is 16.2 Å². The minimum atomic E-state index is -3.81. The summed E-state index contributed by atoms with van der Waals surface area (Å²) < 4.78 is 43.2. The fraction of sp³-hybridized carbons (Fsp3) is 0.419. The third-order valence-electron chi connectivity index (χ3n) is 6.69. The highest BCUT2D eigenvalue weighted by Crippen LogP contribution is 2.33. The van der Waals surface area contributed by atoms with Gasteiger partial charge in [0.15, 0.2) is 5.92 Å². The zero-order chi connectivity index (χ0) is 30.3. The molecule has 0 amide bonds. The van der Waals surface area contributed by atoms with Gasteiger partial charge in [-0.05, 0) is 94.0 Å². The molecule has 3 aromatic rings. The lowest BCUT2D eigenvalue weighted by molar-refractivity contribution is -0.173. The standard InChI is InChI=1S/C31H38N2O7S2/c1-5-38-25-13-11-23(12-14-25)26-15-16-27(41-26)42(36,37)32-33-19-17-24(18-20-33)28(30(35)40-31(2,3)4)29(34)39-21-22-9-7-6-8-10-22/h6-16,24,28,32H,5,17-21H2,1-4H3. The summed E-state index contributed by atoms with van der Waals surface area (Å²) in [5.41, 5.74) is 0.950. The van der Waals surface area contributed by atoms with E-state index in [1.165, 1.54) is 11.3 Å². The molecule has 2 heterocycles. The molecule has 0 radical (unpaired) electrons. The van der Waals surface area contributed by atoms with Crippen LogP contribution < -0.4 is 9.57 Å². The van der Waals surface area contributed by atoms with Gasteiger partial charge in [-0.15, -0.1) is 16.2 Å². The summed E-state index contributed by atoms with van der Waals surface area (Å²) in [5, 5.41) is 1.61. The van der Waals surface area contributed by atoms with E-state index < -0.39 is 33.5 Å².